The first-order chi connectivity index (χ1) is 14.6. The fourth-order valence-corrected chi connectivity index (χ4v) is 4.16. The highest BCUT2D eigenvalue weighted by molar-refractivity contribution is 7.89. The quantitative estimate of drug-likeness (QED) is 0.477. The largest absolute Gasteiger partial charge is 0.354 e. The van der Waals surface area contributed by atoms with Gasteiger partial charge in [0.2, 0.25) is 21.8 Å². The molecular formula is C21H25F2N3O4S. The van der Waals surface area contributed by atoms with Gasteiger partial charge in [0.1, 0.15) is 22.6 Å². The predicted molar refractivity (Wildman–Crippen MR) is 111 cm³/mol. The molecule has 0 aliphatic carbocycles. The summed E-state index contributed by atoms with van der Waals surface area (Å²) in [6.45, 7) is 3.49. The average Bonchev–Trinajstić information content (AvgIpc) is 2.71. The number of sulfonamides is 1. The summed E-state index contributed by atoms with van der Waals surface area (Å²) in [5.41, 5.74) is 0.644. The number of carbonyl (C=O) groups is 2. The lowest BCUT2D eigenvalue weighted by Gasteiger charge is -2.22. The molecule has 0 saturated carbocycles. The third kappa shape index (κ3) is 7.41. The van der Waals surface area contributed by atoms with Gasteiger partial charge in [0.05, 0.1) is 6.42 Å². The molecule has 168 valence electrons. The highest BCUT2D eigenvalue weighted by Gasteiger charge is 2.29. The Morgan fingerprint density at radius 3 is 2.16 bits per heavy atom. The Balaban J connectivity index is 1.86. The summed E-state index contributed by atoms with van der Waals surface area (Å²) in [5, 5.41) is 5.17. The summed E-state index contributed by atoms with van der Waals surface area (Å²) in [6.07, 6.45) is 0.0608. The first-order valence-corrected chi connectivity index (χ1v) is 11.1. The topological polar surface area (TPSA) is 104 Å². The van der Waals surface area contributed by atoms with Crippen LogP contribution >= 0.6 is 0 Å². The number of hydrogen-bond donors (Lipinski definition) is 3. The molecule has 2 amide bonds. The highest BCUT2D eigenvalue weighted by atomic mass is 32.2. The fraction of sp³-hybridized carbons (Fsp3) is 0.333. The molecular weight excluding hydrogens is 428 g/mol. The molecule has 0 radical (unpaired) electrons. The van der Waals surface area contributed by atoms with Crippen LogP contribution in [-0.2, 0) is 26.0 Å². The predicted octanol–water partition coefficient (Wildman–Crippen LogP) is 1.74. The van der Waals surface area contributed by atoms with Crippen molar-refractivity contribution in [3.8, 4) is 0 Å². The number of halogens is 2. The monoisotopic (exact) mass is 453 g/mol. The lowest BCUT2D eigenvalue weighted by atomic mass is 10.1. The Labute approximate surface area is 180 Å². The third-order valence-electron chi connectivity index (χ3n) is 4.38. The lowest BCUT2D eigenvalue weighted by Crippen LogP contribution is -2.50. The molecule has 2 rings (SSSR count). The molecule has 0 heterocycles. The maximum atomic E-state index is 13.9. The average molecular weight is 454 g/mol. The van der Waals surface area contributed by atoms with E-state index < -0.39 is 44.4 Å². The number of carbonyl (C=O) groups excluding carboxylic acids is 2. The molecule has 0 spiro atoms. The second kappa shape index (κ2) is 11.0. The Kier molecular flexibility index (Phi) is 8.64. The minimum Gasteiger partial charge on any atom is -0.354 e. The Hall–Kier alpha value is -2.85. The van der Waals surface area contributed by atoms with Crippen LogP contribution in [0.1, 0.15) is 19.4 Å². The minimum absolute atomic E-state index is 0.0608. The maximum Gasteiger partial charge on any atom is 0.244 e. The van der Waals surface area contributed by atoms with Gasteiger partial charge in [-0.1, -0.05) is 38.1 Å². The van der Waals surface area contributed by atoms with Crippen molar-refractivity contribution in [3.05, 3.63) is 65.7 Å². The van der Waals surface area contributed by atoms with Gasteiger partial charge in [-0.15, -0.1) is 0 Å². The van der Waals surface area contributed by atoms with Crippen LogP contribution in [0.4, 0.5) is 8.78 Å². The van der Waals surface area contributed by atoms with E-state index in [4.69, 9.17) is 0 Å². The van der Waals surface area contributed by atoms with Crippen molar-refractivity contribution in [3.63, 3.8) is 0 Å². The zero-order valence-corrected chi connectivity index (χ0v) is 18.0. The summed E-state index contributed by atoms with van der Waals surface area (Å²) >= 11 is 0. The van der Waals surface area contributed by atoms with Gasteiger partial charge in [-0.25, -0.2) is 17.2 Å². The van der Waals surface area contributed by atoms with Crippen LogP contribution in [0.3, 0.4) is 0 Å². The Morgan fingerprint density at radius 2 is 1.55 bits per heavy atom. The van der Waals surface area contributed by atoms with E-state index in [9.17, 15) is 26.8 Å². The second-order valence-electron chi connectivity index (χ2n) is 7.22. The SMILES string of the molecule is CC(C)[C@H](NS(=O)(=O)c1ccccc1F)C(=O)NCCNC(=O)Cc1ccc(F)cc1. The van der Waals surface area contributed by atoms with Gasteiger partial charge in [-0.2, -0.15) is 4.72 Å². The van der Waals surface area contributed by atoms with Crippen molar-refractivity contribution < 1.29 is 26.8 Å². The van der Waals surface area contributed by atoms with Crippen molar-refractivity contribution in [1.82, 2.24) is 15.4 Å². The Bertz CT molecular complexity index is 1010. The number of nitrogens with one attached hydrogen (secondary N) is 3. The summed E-state index contributed by atoms with van der Waals surface area (Å²) in [4.78, 5) is 23.8. The Morgan fingerprint density at radius 1 is 0.935 bits per heavy atom. The van der Waals surface area contributed by atoms with E-state index in [1.807, 2.05) is 0 Å². The normalized spacial score (nSPS) is 12.4. The molecule has 31 heavy (non-hydrogen) atoms. The lowest BCUT2D eigenvalue weighted by molar-refractivity contribution is -0.124. The molecule has 2 aromatic rings. The van der Waals surface area contributed by atoms with Gasteiger partial charge in [0, 0.05) is 13.1 Å². The van der Waals surface area contributed by atoms with Gasteiger partial charge in [-0.3, -0.25) is 9.59 Å². The number of rotatable bonds is 10. The van der Waals surface area contributed by atoms with Crippen LogP contribution < -0.4 is 15.4 Å². The van der Waals surface area contributed by atoms with Crippen LogP contribution in [0.5, 0.6) is 0 Å². The summed E-state index contributed by atoms with van der Waals surface area (Å²) in [7, 11) is -4.24. The molecule has 2 aromatic carbocycles. The van der Waals surface area contributed by atoms with Gasteiger partial charge in [-0.05, 0) is 35.7 Å². The van der Waals surface area contributed by atoms with Gasteiger partial charge in [0.25, 0.3) is 0 Å². The number of amides is 2. The zero-order chi connectivity index (χ0) is 23.0. The number of benzene rings is 2. The molecule has 0 aliphatic heterocycles. The smallest absolute Gasteiger partial charge is 0.244 e. The van der Waals surface area contributed by atoms with Crippen LogP contribution in [-0.4, -0.2) is 39.4 Å². The summed E-state index contributed by atoms with van der Waals surface area (Å²) in [5.74, 6) is -2.61. The zero-order valence-electron chi connectivity index (χ0n) is 17.2. The van der Waals surface area contributed by atoms with Crippen molar-refractivity contribution in [1.29, 1.82) is 0 Å². The molecule has 0 saturated heterocycles. The van der Waals surface area contributed by atoms with E-state index in [1.54, 1.807) is 13.8 Å². The van der Waals surface area contributed by atoms with Crippen LogP contribution in [0, 0.1) is 17.6 Å². The van der Waals surface area contributed by atoms with Gasteiger partial charge < -0.3 is 10.6 Å². The molecule has 3 N–H and O–H groups in total. The second-order valence-corrected chi connectivity index (χ2v) is 8.90. The minimum atomic E-state index is -4.24. The number of hydrogen-bond acceptors (Lipinski definition) is 4. The van der Waals surface area contributed by atoms with E-state index in [1.165, 1.54) is 36.4 Å². The standard InChI is InChI=1S/C21H25F2N3O4S/c1-14(2)20(26-31(29,30)18-6-4-3-5-17(18)23)21(28)25-12-11-24-19(27)13-15-7-9-16(22)10-8-15/h3-10,14,20,26H,11-13H2,1-2H3,(H,24,27)(H,25,28)/t20-/m0/s1. The first kappa shape index (κ1) is 24.4. The molecule has 1 atom stereocenters. The van der Waals surface area contributed by atoms with E-state index in [0.717, 1.165) is 12.1 Å². The molecule has 0 fully saturated rings. The van der Waals surface area contributed by atoms with E-state index in [2.05, 4.69) is 15.4 Å². The van der Waals surface area contributed by atoms with Crippen molar-refractivity contribution in [2.24, 2.45) is 5.92 Å². The molecule has 7 nitrogen and oxygen atoms in total. The van der Waals surface area contributed by atoms with E-state index in [-0.39, 0.29) is 25.4 Å². The van der Waals surface area contributed by atoms with Crippen molar-refractivity contribution >= 4 is 21.8 Å². The van der Waals surface area contributed by atoms with Crippen LogP contribution in [0.2, 0.25) is 0 Å². The van der Waals surface area contributed by atoms with Crippen LogP contribution in [0.15, 0.2) is 53.4 Å². The van der Waals surface area contributed by atoms with E-state index in [0.29, 0.717) is 5.56 Å². The van der Waals surface area contributed by atoms with Gasteiger partial charge in [0.15, 0.2) is 0 Å². The van der Waals surface area contributed by atoms with Crippen molar-refractivity contribution in [2.75, 3.05) is 13.1 Å². The van der Waals surface area contributed by atoms with Crippen LogP contribution in [0.25, 0.3) is 0 Å². The highest BCUT2D eigenvalue weighted by Crippen LogP contribution is 2.15. The molecule has 10 heteroatoms. The maximum absolute atomic E-state index is 13.9. The molecule has 0 aliphatic rings. The van der Waals surface area contributed by atoms with E-state index >= 15 is 0 Å². The molecule has 0 aromatic heterocycles. The van der Waals surface area contributed by atoms with Gasteiger partial charge >= 0.3 is 0 Å². The molecule has 0 bridgehead atoms. The molecule has 0 unspecified atom stereocenters. The summed E-state index contributed by atoms with van der Waals surface area (Å²) < 4.78 is 53.9. The fourth-order valence-electron chi connectivity index (χ4n) is 2.73. The van der Waals surface area contributed by atoms with Crippen molar-refractivity contribution in [2.45, 2.75) is 31.2 Å². The first-order valence-electron chi connectivity index (χ1n) is 9.66. The summed E-state index contributed by atoms with van der Waals surface area (Å²) in [6, 6.07) is 9.30. The third-order valence-corrected chi connectivity index (χ3v) is 5.86.